The summed E-state index contributed by atoms with van der Waals surface area (Å²) in [6.07, 6.45) is 2.58. The summed E-state index contributed by atoms with van der Waals surface area (Å²) < 4.78 is 24.6. The van der Waals surface area contributed by atoms with Crippen LogP contribution in [0.1, 0.15) is 23.2 Å². The van der Waals surface area contributed by atoms with Crippen LogP contribution in [0.25, 0.3) is 0 Å². The number of halogens is 1. The van der Waals surface area contributed by atoms with Crippen molar-refractivity contribution >= 4 is 5.91 Å². The SMILES string of the molecule is COc1ccc(F)cc1C(=O)N1CCN2[C@@H](COC[C@@H]2C2CC2)C1. The van der Waals surface area contributed by atoms with Crippen LogP contribution in [0.2, 0.25) is 0 Å². The predicted octanol–water partition coefficient (Wildman–Crippen LogP) is 1.77. The zero-order chi connectivity index (χ0) is 16.7. The minimum absolute atomic E-state index is 0.167. The molecule has 1 aliphatic carbocycles. The first-order valence-electron chi connectivity index (χ1n) is 8.63. The molecule has 6 heteroatoms. The summed E-state index contributed by atoms with van der Waals surface area (Å²) in [5.41, 5.74) is 0.293. The van der Waals surface area contributed by atoms with Crippen molar-refractivity contribution in [2.45, 2.75) is 24.9 Å². The zero-order valence-corrected chi connectivity index (χ0v) is 13.9. The van der Waals surface area contributed by atoms with Crippen LogP contribution in [0.3, 0.4) is 0 Å². The second-order valence-electron chi connectivity index (χ2n) is 6.93. The molecule has 0 N–H and O–H groups in total. The van der Waals surface area contributed by atoms with Gasteiger partial charge in [0.2, 0.25) is 0 Å². The molecule has 24 heavy (non-hydrogen) atoms. The lowest BCUT2D eigenvalue weighted by molar-refractivity contribution is -0.0816. The zero-order valence-electron chi connectivity index (χ0n) is 13.9. The molecule has 3 fully saturated rings. The summed E-state index contributed by atoms with van der Waals surface area (Å²) in [7, 11) is 1.50. The fourth-order valence-electron chi connectivity index (χ4n) is 3.96. The highest BCUT2D eigenvalue weighted by molar-refractivity contribution is 5.97. The van der Waals surface area contributed by atoms with Gasteiger partial charge in [-0.25, -0.2) is 4.39 Å². The van der Waals surface area contributed by atoms with E-state index in [1.165, 1.54) is 38.2 Å². The van der Waals surface area contributed by atoms with Gasteiger partial charge in [-0.05, 0) is 37.0 Å². The number of fused-ring (bicyclic) bond motifs is 1. The van der Waals surface area contributed by atoms with Gasteiger partial charge in [0.05, 0.1) is 31.9 Å². The number of hydrogen-bond donors (Lipinski definition) is 0. The normalized spacial score (nSPS) is 27.7. The van der Waals surface area contributed by atoms with E-state index in [1.807, 2.05) is 0 Å². The number of nitrogens with zero attached hydrogens (tertiary/aromatic N) is 2. The summed E-state index contributed by atoms with van der Waals surface area (Å²) >= 11 is 0. The smallest absolute Gasteiger partial charge is 0.257 e. The second-order valence-corrected chi connectivity index (χ2v) is 6.93. The molecule has 4 rings (SSSR count). The van der Waals surface area contributed by atoms with E-state index < -0.39 is 5.82 Å². The summed E-state index contributed by atoms with van der Waals surface area (Å²) in [4.78, 5) is 17.2. The third kappa shape index (κ3) is 2.89. The maximum atomic E-state index is 13.6. The van der Waals surface area contributed by atoms with Gasteiger partial charge in [-0.3, -0.25) is 9.69 Å². The highest BCUT2D eigenvalue weighted by Gasteiger charge is 2.43. The van der Waals surface area contributed by atoms with Crippen molar-refractivity contribution in [1.29, 1.82) is 0 Å². The van der Waals surface area contributed by atoms with Gasteiger partial charge in [0.25, 0.3) is 5.91 Å². The molecular weight excluding hydrogens is 311 g/mol. The van der Waals surface area contributed by atoms with Crippen molar-refractivity contribution in [3.05, 3.63) is 29.6 Å². The van der Waals surface area contributed by atoms with Crippen LogP contribution < -0.4 is 4.74 Å². The Labute approximate surface area is 141 Å². The Balaban J connectivity index is 1.50. The van der Waals surface area contributed by atoms with Crippen LogP contribution in [-0.2, 0) is 4.74 Å². The first kappa shape index (κ1) is 15.8. The maximum Gasteiger partial charge on any atom is 0.257 e. The van der Waals surface area contributed by atoms with Crippen molar-refractivity contribution in [2.24, 2.45) is 5.92 Å². The average Bonchev–Trinajstić information content (AvgIpc) is 3.45. The molecular formula is C18H23FN2O3. The molecule has 2 atom stereocenters. The van der Waals surface area contributed by atoms with Crippen molar-refractivity contribution in [3.8, 4) is 5.75 Å². The number of ether oxygens (including phenoxy) is 2. The topological polar surface area (TPSA) is 42.0 Å². The van der Waals surface area contributed by atoms with Crippen LogP contribution in [0, 0.1) is 11.7 Å². The van der Waals surface area contributed by atoms with Gasteiger partial charge in [0.1, 0.15) is 11.6 Å². The van der Waals surface area contributed by atoms with Gasteiger partial charge in [0, 0.05) is 25.7 Å². The van der Waals surface area contributed by atoms with E-state index in [4.69, 9.17) is 9.47 Å². The standard InChI is InChI=1S/C18H23FN2O3/c1-23-17-5-4-13(19)8-15(17)18(22)20-6-7-21-14(9-20)10-24-11-16(21)12-2-3-12/h4-5,8,12,14,16H,2-3,6-7,9-11H2,1H3/t14-,16-/m1/s1. The first-order valence-corrected chi connectivity index (χ1v) is 8.63. The molecule has 0 spiro atoms. The van der Waals surface area contributed by atoms with Crippen molar-refractivity contribution in [3.63, 3.8) is 0 Å². The largest absolute Gasteiger partial charge is 0.496 e. The van der Waals surface area contributed by atoms with Crippen molar-refractivity contribution < 1.29 is 18.7 Å². The van der Waals surface area contributed by atoms with Gasteiger partial charge in [-0.1, -0.05) is 0 Å². The lowest BCUT2D eigenvalue weighted by Crippen LogP contribution is -2.63. The molecule has 2 saturated heterocycles. The number of rotatable bonds is 3. The monoisotopic (exact) mass is 334 g/mol. The van der Waals surface area contributed by atoms with Gasteiger partial charge in [-0.15, -0.1) is 0 Å². The van der Waals surface area contributed by atoms with Crippen LogP contribution in [0.5, 0.6) is 5.75 Å². The van der Waals surface area contributed by atoms with E-state index in [0.717, 1.165) is 19.1 Å². The third-order valence-corrected chi connectivity index (χ3v) is 5.40. The van der Waals surface area contributed by atoms with E-state index in [0.29, 0.717) is 37.1 Å². The fraction of sp³-hybridized carbons (Fsp3) is 0.611. The molecule has 0 unspecified atom stereocenters. The first-order chi connectivity index (χ1) is 11.7. The summed E-state index contributed by atoms with van der Waals surface area (Å²) in [6, 6.07) is 4.82. The summed E-state index contributed by atoms with van der Waals surface area (Å²) in [5, 5.41) is 0. The van der Waals surface area contributed by atoms with Gasteiger partial charge < -0.3 is 14.4 Å². The molecule has 0 radical (unpaired) electrons. The Bertz CT molecular complexity index is 635. The van der Waals surface area contributed by atoms with Gasteiger partial charge in [-0.2, -0.15) is 0 Å². The molecule has 0 bridgehead atoms. The van der Waals surface area contributed by atoms with E-state index in [1.54, 1.807) is 4.90 Å². The van der Waals surface area contributed by atoms with E-state index in [-0.39, 0.29) is 11.9 Å². The molecule has 1 aromatic carbocycles. The molecule has 5 nitrogen and oxygen atoms in total. The number of methoxy groups -OCH3 is 1. The van der Waals surface area contributed by atoms with Crippen molar-refractivity contribution in [2.75, 3.05) is 40.0 Å². The Hall–Kier alpha value is -1.66. The average molecular weight is 334 g/mol. The maximum absolute atomic E-state index is 13.6. The van der Waals surface area contributed by atoms with Crippen LogP contribution >= 0.6 is 0 Å². The number of hydrogen-bond acceptors (Lipinski definition) is 4. The molecule has 2 aliphatic heterocycles. The molecule has 1 aromatic rings. The van der Waals surface area contributed by atoms with Crippen LogP contribution in [0.15, 0.2) is 18.2 Å². The number of morpholine rings is 1. The van der Waals surface area contributed by atoms with Crippen LogP contribution in [0.4, 0.5) is 4.39 Å². The molecule has 2 heterocycles. The highest BCUT2D eigenvalue weighted by Crippen LogP contribution is 2.38. The van der Waals surface area contributed by atoms with Crippen LogP contribution in [-0.4, -0.2) is 67.7 Å². The minimum Gasteiger partial charge on any atom is -0.496 e. The molecule has 0 aromatic heterocycles. The Morgan fingerprint density at radius 2 is 2.12 bits per heavy atom. The third-order valence-electron chi connectivity index (χ3n) is 5.40. The van der Waals surface area contributed by atoms with Gasteiger partial charge in [0.15, 0.2) is 0 Å². The molecule has 1 saturated carbocycles. The molecule has 1 amide bonds. The molecule has 130 valence electrons. The van der Waals surface area contributed by atoms with Gasteiger partial charge >= 0.3 is 0 Å². The van der Waals surface area contributed by atoms with E-state index in [2.05, 4.69) is 4.90 Å². The Kier molecular flexibility index (Phi) is 4.18. The second kappa shape index (κ2) is 6.33. The minimum atomic E-state index is -0.424. The number of piperazine rings is 1. The Morgan fingerprint density at radius 1 is 1.29 bits per heavy atom. The predicted molar refractivity (Wildman–Crippen MR) is 86.7 cm³/mol. The number of benzene rings is 1. The lowest BCUT2D eigenvalue weighted by Gasteiger charge is -2.48. The fourth-order valence-corrected chi connectivity index (χ4v) is 3.96. The number of amides is 1. The summed E-state index contributed by atoms with van der Waals surface area (Å²) in [5.74, 6) is 0.588. The van der Waals surface area contributed by atoms with Crippen molar-refractivity contribution in [1.82, 2.24) is 9.80 Å². The number of carbonyl (C=O) groups excluding carboxylic acids is 1. The lowest BCUT2D eigenvalue weighted by atomic mass is 10.0. The van der Waals surface area contributed by atoms with E-state index in [9.17, 15) is 9.18 Å². The quantitative estimate of drug-likeness (QED) is 0.845. The highest BCUT2D eigenvalue weighted by atomic mass is 19.1. The molecule has 3 aliphatic rings. The van der Waals surface area contributed by atoms with E-state index >= 15 is 0 Å². The Morgan fingerprint density at radius 3 is 2.88 bits per heavy atom. The number of carbonyl (C=O) groups is 1. The summed E-state index contributed by atoms with van der Waals surface area (Å²) in [6.45, 7) is 3.62.